The standard InChI is InChI=1S/C14H15FO5/c1-2-20-13(19)14(7-9(14)12(17)18)6-8-3-4-11(16)10(15)5-8/h3-5,9,16H,2,6-7H2,1H3,(H,17,18). The molecule has 0 amide bonds. The molecule has 0 heterocycles. The Kier molecular flexibility index (Phi) is 3.65. The topological polar surface area (TPSA) is 83.8 Å². The van der Waals surface area contributed by atoms with Crippen molar-refractivity contribution in [3.63, 3.8) is 0 Å². The highest BCUT2D eigenvalue weighted by atomic mass is 19.1. The lowest BCUT2D eigenvalue weighted by atomic mass is 9.93. The Hall–Kier alpha value is -2.11. The second kappa shape index (κ2) is 5.11. The summed E-state index contributed by atoms with van der Waals surface area (Å²) in [7, 11) is 0. The number of carboxylic acid groups (broad SMARTS) is 1. The van der Waals surface area contributed by atoms with Crippen LogP contribution in [0.5, 0.6) is 5.75 Å². The van der Waals surface area contributed by atoms with E-state index >= 15 is 0 Å². The van der Waals surface area contributed by atoms with Gasteiger partial charge in [0.05, 0.1) is 17.9 Å². The molecule has 2 rings (SSSR count). The van der Waals surface area contributed by atoms with Crippen molar-refractivity contribution in [3.8, 4) is 5.75 Å². The Labute approximate surface area is 115 Å². The van der Waals surface area contributed by atoms with Crippen LogP contribution in [0.4, 0.5) is 4.39 Å². The molecule has 108 valence electrons. The summed E-state index contributed by atoms with van der Waals surface area (Å²) in [6, 6.07) is 3.76. The number of benzene rings is 1. The molecule has 1 aromatic rings. The van der Waals surface area contributed by atoms with Crippen LogP contribution in [-0.2, 0) is 20.7 Å². The molecule has 5 nitrogen and oxygen atoms in total. The van der Waals surface area contributed by atoms with E-state index < -0.39 is 34.8 Å². The van der Waals surface area contributed by atoms with Gasteiger partial charge in [0.25, 0.3) is 0 Å². The molecule has 0 aliphatic heterocycles. The Balaban J connectivity index is 2.23. The van der Waals surface area contributed by atoms with Gasteiger partial charge in [-0.25, -0.2) is 4.39 Å². The first kappa shape index (κ1) is 14.3. The summed E-state index contributed by atoms with van der Waals surface area (Å²) < 4.78 is 18.2. The summed E-state index contributed by atoms with van der Waals surface area (Å²) in [5, 5.41) is 18.2. The summed E-state index contributed by atoms with van der Waals surface area (Å²) >= 11 is 0. The van der Waals surface area contributed by atoms with Crippen LogP contribution in [0, 0.1) is 17.2 Å². The quantitative estimate of drug-likeness (QED) is 0.803. The predicted molar refractivity (Wildman–Crippen MR) is 66.6 cm³/mol. The summed E-state index contributed by atoms with van der Waals surface area (Å²) in [5.74, 6) is -3.71. The number of carbonyl (C=O) groups excluding carboxylic acids is 1. The lowest BCUT2D eigenvalue weighted by Crippen LogP contribution is -2.26. The van der Waals surface area contributed by atoms with Gasteiger partial charge in [-0.1, -0.05) is 6.07 Å². The summed E-state index contributed by atoms with van der Waals surface area (Å²) in [6.07, 6.45) is 0.268. The number of aliphatic carboxylic acids is 1. The number of hydrogen-bond acceptors (Lipinski definition) is 4. The molecule has 0 bridgehead atoms. The van der Waals surface area contributed by atoms with E-state index in [1.165, 1.54) is 12.1 Å². The number of phenolic OH excluding ortho intramolecular Hbond substituents is 1. The van der Waals surface area contributed by atoms with Crippen LogP contribution in [0.3, 0.4) is 0 Å². The second-order valence-electron chi connectivity index (χ2n) is 4.93. The van der Waals surface area contributed by atoms with Crippen molar-refractivity contribution in [1.29, 1.82) is 0 Å². The molecular weight excluding hydrogens is 267 g/mol. The van der Waals surface area contributed by atoms with Crippen LogP contribution >= 0.6 is 0 Å². The first-order chi connectivity index (χ1) is 9.40. The molecule has 1 saturated carbocycles. The van der Waals surface area contributed by atoms with Crippen LogP contribution in [0.1, 0.15) is 18.9 Å². The van der Waals surface area contributed by atoms with Crippen LogP contribution in [0.2, 0.25) is 0 Å². The largest absolute Gasteiger partial charge is 0.505 e. The average molecular weight is 282 g/mol. The highest BCUT2D eigenvalue weighted by molar-refractivity contribution is 5.90. The number of ether oxygens (including phenoxy) is 1. The van der Waals surface area contributed by atoms with Crippen molar-refractivity contribution in [2.24, 2.45) is 11.3 Å². The first-order valence-electron chi connectivity index (χ1n) is 6.28. The van der Waals surface area contributed by atoms with Gasteiger partial charge in [0, 0.05) is 0 Å². The Bertz CT molecular complexity index is 556. The minimum absolute atomic E-state index is 0.0833. The molecule has 1 fully saturated rings. The van der Waals surface area contributed by atoms with Gasteiger partial charge in [-0.2, -0.15) is 0 Å². The van der Waals surface area contributed by atoms with Gasteiger partial charge in [-0.3, -0.25) is 9.59 Å². The average Bonchev–Trinajstić information content (AvgIpc) is 3.10. The molecule has 6 heteroatoms. The van der Waals surface area contributed by atoms with Gasteiger partial charge in [-0.15, -0.1) is 0 Å². The molecule has 0 spiro atoms. The number of hydrogen-bond donors (Lipinski definition) is 2. The van der Waals surface area contributed by atoms with E-state index in [0.717, 1.165) is 6.07 Å². The van der Waals surface area contributed by atoms with Gasteiger partial charge in [0.15, 0.2) is 11.6 Å². The van der Waals surface area contributed by atoms with Crippen molar-refractivity contribution >= 4 is 11.9 Å². The molecule has 20 heavy (non-hydrogen) atoms. The minimum atomic E-state index is -1.12. The van der Waals surface area contributed by atoms with Crippen molar-refractivity contribution in [1.82, 2.24) is 0 Å². The smallest absolute Gasteiger partial charge is 0.313 e. The number of halogens is 1. The molecule has 1 aromatic carbocycles. The van der Waals surface area contributed by atoms with Crippen molar-refractivity contribution in [3.05, 3.63) is 29.6 Å². The molecule has 2 unspecified atom stereocenters. The highest BCUT2D eigenvalue weighted by Crippen LogP contribution is 2.56. The van der Waals surface area contributed by atoms with Crippen LogP contribution in [-0.4, -0.2) is 28.8 Å². The van der Waals surface area contributed by atoms with Crippen LogP contribution in [0.25, 0.3) is 0 Å². The van der Waals surface area contributed by atoms with E-state index in [2.05, 4.69) is 0 Å². The van der Waals surface area contributed by atoms with Gasteiger partial charge >= 0.3 is 11.9 Å². The fourth-order valence-electron chi connectivity index (χ4n) is 2.42. The number of carbonyl (C=O) groups is 2. The van der Waals surface area contributed by atoms with E-state index in [4.69, 9.17) is 14.9 Å². The molecule has 0 aromatic heterocycles. The Morgan fingerprint density at radius 1 is 1.50 bits per heavy atom. The molecule has 0 saturated heterocycles. The number of carboxylic acids is 1. The first-order valence-corrected chi connectivity index (χ1v) is 6.28. The monoisotopic (exact) mass is 282 g/mol. The van der Waals surface area contributed by atoms with Crippen molar-refractivity contribution in [2.45, 2.75) is 19.8 Å². The van der Waals surface area contributed by atoms with E-state index in [1.54, 1.807) is 6.92 Å². The van der Waals surface area contributed by atoms with Gasteiger partial charge < -0.3 is 14.9 Å². The third-order valence-electron chi connectivity index (χ3n) is 3.59. The number of phenols is 1. The van der Waals surface area contributed by atoms with Crippen molar-refractivity contribution in [2.75, 3.05) is 6.61 Å². The lowest BCUT2D eigenvalue weighted by Gasteiger charge is -2.15. The SMILES string of the molecule is CCOC(=O)C1(Cc2ccc(O)c(F)c2)CC1C(=O)O. The van der Waals surface area contributed by atoms with Gasteiger partial charge in [-0.05, 0) is 37.5 Å². The summed E-state index contributed by atoms with van der Waals surface area (Å²) in [4.78, 5) is 23.0. The predicted octanol–water partition coefficient (Wildman–Crippen LogP) is 1.73. The molecular formula is C14H15FO5. The molecule has 1 aliphatic carbocycles. The fraction of sp³-hybridized carbons (Fsp3) is 0.429. The normalized spacial score (nSPS) is 24.2. The molecule has 2 N–H and O–H groups in total. The summed E-state index contributed by atoms with van der Waals surface area (Å²) in [5.41, 5.74) is -0.664. The van der Waals surface area contributed by atoms with E-state index in [1.807, 2.05) is 0 Å². The zero-order chi connectivity index (χ0) is 14.9. The van der Waals surface area contributed by atoms with Crippen LogP contribution in [0.15, 0.2) is 18.2 Å². The van der Waals surface area contributed by atoms with E-state index in [9.17, 15) is 14.0 Å². The lowest BCUT2D eigenvalue weighted by molar-refractivity contribution is -0.153. The van der Waals surface area contributed by atoms with Gasteiger partial charge in [0.1, 0.15) is 0 Å². The third-order valence-corrected chi connectivity index (χ3v) is 3.59. The zero-order valence-electron chi connectivity index (χ0n) is 10.9. The Morgan fingerprint density at radius 2 is 2.20 bits per heavy atom. The maximum absolute atomic E-state index is 13.3. The maximum atomic E-state index is 13.3. The molecule has 1 aliphatic rings. The Morgan fingerprint density at radius 3 is 2.70 bits per heavy atom. The van der Waals surface area contributed by atoms with Gasteiger partial charge in [0.2, 0.25) is 0 Å². The van der Waals surface area contributed by atoms with E-state index in [-0.39, 0.29) is 19.4 Å². The number of aromatic hydroxyl groups is 1. The second-order valence-corrected chi connectivity index (χ2v) is 4.93. The summed E-state index contributed by atoms with van der Waals surface area (Å²) in [6.45, 7) is 1.81. The molecule has 2 atom stereocenters. The number of esters is 1. The maximum Gasteiger partial charge on any atom is 0.313 e. The minimum Gasteiger partial charge on any atom is -0.505 e. The third kappa shape index (κ3) is 2.45. The van der Waals surface area contributed by atoms with E-state index in [0.29, 0.717) is 5.56 Å². The molecule has 0 radical (unpaired) electrons. The van der Waals surface area contributed by atoms with Crippen LogP contribution < -0.4 is 0 Å². The highest BCUT2D eigenvalue weighted by Gasteiger charge is 2.64. The fourth-order valence-corrected chi connectivity index (χ4v) is 2.42. The zero-order valence-corrected chi connectivity index (χ0v) is 10.9. The van der Waals surface area contributed by atoms with Crippen molar-refractivity contribution < 1.29 is 28.9 Å². The number of rotatable bonds is 5.